The number of amides is 1. The molecule has 0 atom stereocenters. The predicted molar refractivity (Wildman–Crippen MR) is 47.7 cm³/mol. The standard InChI is InChI=1S/C8H15N3O2/c1-11(5-2-3-9)8(12)7-13-6-4-10/h2,4-7,10H2,1H3. The molecule has 0 aromatic rings. The third-order valence-electron chi connectivity index (χ3n) is 1.47. The predicted octanol–water partition coefficient (Wildman–Crippen LogP) is -0.666. The first-order valence-electron chi connectivity index (χ1n) is 4.11. The Labute approximate surface area is 78.1 Å². The number of hydrogen-bond donors (Lipinski definition) is 1. The number of hydrogen-bond acceptors (Lipinski definition) is 4. The van der Waals surface area contributed by atoms with Gasteiger partial charge in [-0.15, -0.1) is 0 Å². The highest BCUT2D eigenvalue weighted by molar-refractivity contribution is 5.77. The Hall–Kier alpha value is -1.12. The van der Waals surface area contributed by atoms with Crippen LogP contribution in [0.4, 0.5) is 0 Å². The van der Waals surface area contributed by atoms with Crippen LogP contribution in [0.25, 0.3) is 0 Å². The Bertz CT molecular complexity index is 188. The first kappa shape index (κ1) is 11.9. The summed E-state index contributed by atoms with van der Waals surface area (Å²) >= 11 is 0. The number of rotatable bonds is 6. The molecule has 0 radical (unpaired) electrons. The molecule has 0 bridgehead atoms. The molecule has 0 unspecified atom stereocenters. The van der Waals surface area contributed by atoms with Gasteiger partial charge < -0.3 is 15.4 Å². The van der Waals surface area contributed by atoms with Gasteiger partial charge in [0.1, 0.15) is 6.61 Å². The van der Waals surface area contributed by atoms with Crippen molar-refractivity contribution in [2.75, 3.05) is 33.4 Å². The molecule has 0 aliphatic heterocycles. The molecule has 0 heterocycles. The quantitative estimate of drug-likeness (QED) is 0.557. The van der Waals surface area contributed by atoms with Gasteiger partial charge in [0.05, 0.1) is 19.1 Å². The van der Waals surface area contributed by atoms with Crippen molar-refractivity contribution in [2.24, 2.45) is 5.73 Å². The van der Waals surface area contributed by atoms with Gasteiger partial charge in [-0.05, 0) is 0 Å². The minimum atomic E-state index is -0.122. The summed E-state index contributed by atoms with van der Waals surface area (Å²) < 4.78 is 4.95. The highest BCUT2D eigenvalue weighted by Gasteiger charge is 2.07. The van der Waals surface area contributed by atoms with Gasteiger partial charge in [0.25, 0.3) is 0 Å². The van der Waals surface area contributed by atoms with E-state index in [1.807, 2.05) is 6.07 Å². The molecule has 0 saturated heterocycles. The van der Waals surface area contributed by atoms with E-state index in [4.69, 9.17) is 15.7 Å². The van der Waals surface area contributed by atoms with Crippen LogP contribution in [0.15, 0.2) is 0 Å². The Morgan fingerprint density at radius 1 is 1.69 bits per heavy atom. The van der Waals surface area contributed by atoms with Gasteiger partial charge in [0.2, 0.25) is 5.91 Å². The highest BCUT2D eigenvalue weighted by Crippen LogP contribution is 1.88. The average Bonchev–Trinajstić information content (AvgIpc) is 2.14. The monoisotopic (exact) mass is 185 g/mol. The topological polar surface area (TPSA) is 79.3 Å². The van der Waals surface area contributed by atoms with E-state index >= 15 is 0 Å². The van der Waals surface area contributed by atoms with Gasteiger partial charge >= 0.3 is 0 Å². The molecule has 0 spiro atoms. The minimum Gasteiger partial charge on any atom is -0.370 e. The molecule has 0 aromatic heterocycles. The summed E-state index contributed by atoms with van der Waals surface area (Å²) in [7, 11) is 1.64. The molecule has 2 N–H and O–H groups in total. The van der Waals surface area contributed by atoms with Crippen molar-refractivity contribution < 1.29 is 9.53 Å². The first-order chi connectivity index (χ1) is 6.22. The smallest absolute Gasteiger partial charge is 0.248 e. The summed E-state index contributed by atoms with van der Waals surface area (Å²) in [5.74, 6) is -0.122. The fourth-order valence-electron chi connectivity index (χ4n) is 0.695. The number of nitrogens with zero attached hydrogens (tertiary/aromatic N) is 2. The van der Waals surface area contributed by atoms with Gasteiger partial charge in [-0.3, -0.25) is 4.79 Å². The number of carbonyl (C=O) groups is 1. The molecule has 5 heteroatoms. The normalized spacial score (nSPS) is 9.31. The van der Waals surface area contributed by atoms with Gasteiger partial charge in [0, 0.05) is 20.1 Å². The van der Waals surface area contributed by atoms with Crippen LogP contribution >= 0.6 is 0 Å². The second-order valence-corrected chi connectivity index (χ2v) is 2.56. The number of likely N-dealkylation sites (N-methyl/N-ethyl adjacent to an activating group) is 1. The van der Waals surface area contributed by atoms with Crippen LogP contribution in [-0.4, -0.2) is 44.2 Å². The number of carbonyl (C=O) groups excluding carboxylic acids is 1. The maximum atomic E-state index is 11.2. The van der Waals surface area contributed by atoms with E-state index in [0.717, 1.165) is 0 Å². The number of nitriles is 1. The fraction of sp³-hybridized carbons (Fsp3) is 0.750. The Balaban J connectivity index is 3.52. The zero-order valence-electron chi connectivity index (χ0n) is 7.82. The molecule has 5 nitrogen and oxygen atoms in total. The van der Waals surface area contributed by atoms with Gasteiger partial charge in [-0.1, -0.05) is 0 Å². The molecule has 74 valence electrons. The van der Waals surface area contributed by atoms with E-state index in [9.17, 15) is 4.79 Å². The van der Waals surface area contributed by atoms with E-state index in [0.29, 0.717) is 26.1 Å². The summed E-state index contributed by atoms with van der Waals surface area (Å²) in [6, 6.07) is 1.97. The van der Waals surface area contributed by atoms with Crippen molar-refractivity contribution in [3.05, 3.63) is 0 Å². The number of ether oxygens (including phenoxy) is 1. The Morgan fingerprint density at radius 3 is 2.92 bits per heavy atom. The van der Waals surface area contributed by atoms with Crippen LogP contribution in [0, 0.1) is 11.3 Å². The summed E-state index contributed by atoms with van der Waals surface area (Å²) in [5, 5.41) is 8.28. The summed E-state index contributed by atoms with van der Waals surface area (Å²) in [6.07, 6.45) is 0.346. The van der Waals surface area contributed by atoms with Gasteiger partial charge in [-0.25, -0.2) is 0 Å². The molecule has 13 heavy (non-hydrogen) atoms. The molecule has 1 amide bonds. The molecule has 0 saturated carbocycles. The molecular weight excluding hydrogens is 170 g/mol. The zero-order valence-corrected chi connectivity index (χ0v) is 7.82. The lowest BCUT2D eigenvalue weighted by Gasteiger charge is -2.14. The molecule has 0 fully saturated rings. The SMILES string of the molecule is CN(CCC#N)C(=O)COCCN. The van der Waals surface area contributed by atoms with Crippen LogP contribution in [0.3, 0.4) is 0 Å². The maximum absolute atomic E-state index is 11.2. The zero-order chi connectivity index (χ0) is 10.1. The summed E-state index contributed by atoms with van der Waals surface area (Å²) in [6.45, 7) is 1.29. The van der Waals surface area contributed by atoms with Crippen molar-refractivity contribution in [1.29, 1.82) is 5.26 Å². The largest absolute Gasteiger partial charge is 0.370 e. The first-order valence-corrected chi connectivity index (χ1v) is 4.11. The third-order valence-corrected chi connectivity index (χ3v) is 1.47. The van der Waals surface area contributed by atoms with Crippen molar-refractivity contribution in [1.82, 2.24) is 4.90 Å². The average molecular weight is 185 g/mol. The van der Waals surface area contributed by atoms with E-state index in [2.05, 4.69) is 0 Å². The van der Waals surface area contributed by atoms with Gasteiger partial charge in [-0.2, -0.15) is 5.26 Å². The molecule has 0 aliphatic carbocycles. The summed E-state index contributed by atoms with van der Waals surface area (Å²) in [5.41, 5.74) is 5.18. The van der Waals surface area contributed by atoms with Crippen LogP contribution in [-0.2, 0) is 9.53 Å². The van der Waals surface area contributed by atoms with E-state index in [1.54, 1.807) is 7.05 Å². The van der Waals surface area contributed by atoms with E-state index in [1.165, 1.54) is 4.90 Å². The van der Waals surface area contributed by atoms with E-state index < -0.39 is 0 Å². The lowest BCUT2D eigenvalue weighted by Crippen LogP contribution is -2.31. The van der Waals surface area contributed by atoms with Gasteiger partial charge in [0.15, 0.2) is 0 Å². The number of nitrogens with two attached hydrogens (primary N) is 1. The van der Waals surface area contributed by atoms with Crippen LogP contribution in [0.1, 0.15) is 6.42 Å². The van der Waals surface area contributed by atoms with Crippen molar-refractivity contribution in [3.63, 3.8) is 0 Å². The third kappa shape index (κ3) is 6.08. The molecule has 0 aliphatic rings. The lowest BCUT2D eigenvalue weighted by atomic mass is 10.4. The van der Waals surface area contributed by atoms with Crippen molar-refractivity contribution in [3.8, 4) is 6.07 Å². The second-order valence-electron chi connectivity index (χ2n) is 2.56. The van der Waals surface area contributed by atoms with Crippen molar-refractivity contribution in [2.45, 2.75) is 6.42 Å². The van der Waals surface area contributed by atoms with Crippen molar-refractivity contribution >= 4 is 5.91 Å². The minimum absolute atomic E-state index is 0.0408. The summed E-state index contributed by atoms with van der Waals surface area (Å²) in [4.78, 5) is 12.6. The van der Waals surface area contributed by atoms with Crippen LogP contribution < -0.4 is 5.73 Å². The van der Waals surface area contributed by atoms with Crippen LogP contribution in [0.5, 0.6) is 0 Å². The maximum Gasteiger partial charge on any atom is 0.248 e. The molecular formula is C8H15N3O2. The molecule has 0 rings (SSSR count). The Kier molecular flexibility index (Phi) is 6.88. The van der Waals surface area contributed by atoms with E-state index in [-0.39, 0.29) is 12.5 Å². The fourth-order valence-corrected chi connectivity index (χ4v) is 0.695. The Morgan fingerprint density at radius 2 is 2.38 bits per heavy atom. The van der Waals surface area contributed by atoms with Crippen LogP contribution in [0.2, 0.25) is 0 Å². The lowest BCUT2D eigenvalue weighted by molar-refractivity contribution is -0.134. The highest BCUT2D eigenvalue weighted by atomic mass is 16.5. The second kappa shape index (κ2) is 7.53. The molecule has 0 aromatic carbocycles.